The highest BCUT2D eigenvalue weighted by molar-refractivity contribution is 5.87. The minimum Gasteiger partial charge on any atom is -0.444 e. The molecule has 3 rings (SSSR count). The van der Waals surface area contributed by atoms with Crippen LogP contribution in [0, 0.1) is 0 Å². The Balaban J connectivity index is 1.33. The fourth-order valence-corrected chi connectivity index (χ4v) is 3.97. The molecule has 2 aliphatic rings. The van der Waals surface area contributed by atoms with E-state index in [4.69, 9.17) is 18.9 Å². The second kappa shape index (κ2) is 12.3. The highest BCUT2D eigenvalue weighted by Crippen LogP contribution is 2.41. The largest absolute Gasteiger partial charge is 0.444 e. The van der Waals surface area contributed by atoms with Crippen LogP contribution in [0.5, 0.6) is 0 Å². The number of pyridine rings is 1. The number of hydrogen-bond acceptors (Lipinski definition) is 8. The zero-order valence-corrected chi connectivity index (χ0v) is 21.2. The van der Waals surface area contributed by atoms with E-state index in [0.717, 1.165) is 43.5 Å². The Morgan fingerprint density at radius 2 is 1.97 bits per heavy atom. The minimum atomic E-state index is -0.616. The maximum Gasteiger partial charge on any atom is 0.413 e. The predicted octanol–water partition coefficient (Wildman–Crippen LogP) is 3.53. The van der Waals surface area contributed by atoms with Gasteiger partial charge in [-0.3, -0.25) is 5.32 Å². The lowest BCUT2D eigenvalue weighted by Crippen LogP contribution is -2.47. The number of carbonyl (C=O) groups is 2. The Morgan fingerprint density at radius 1 is 1.23 bits per heavy atom. The lowest BCUT2D eigenvalue weighted by atomic mass is 9.83. The number of fused-ring (bicyclic) bond motifs is 2. The normalized spacial score (nSPS) is 17.1. The van der Waals surface area contributed by atoms with Crippen molar-refractivity contribution >= 4 is 24.1 Å². The van der Waals surface area contributed by atoms with E-state index in [1.165, 1.54) is 0 Å². The molecule has 2 aliphatic heterocycles. The second-order valence-corrected chi connectivity index (χ2v) is 9.77. The molecule has 0 aromatic carbocycles. The molecule has 35 heavy (non-hydrogen) atoms. The van der Waals surface area contributed by atoms with E-state index >= 15 is 0 Å². The van der Waals surface area contributed by atoms with Gasteiger partial charge >= 0.3 is 12.2 Å². The zero-order valence-electron chi connectivity index (χ0n) is 21.2. The first kappa shape index (κ1) is 26.9. The van der Waals surface area contributed by atoms with Gasteiger partial charge in [0.05, 0.1) is 19.8 Å². The molecule has 0 atom stereocenters. The number of rotatable bonds is 10. The van der Waals surface area contributed by atoms with E-state index in [1.807, 2.05) is 39.0 Å². The molecule has 2 N–H and O–H groups in total. The Kier molecular flexibility index (Phi) is 9.47. The fraction of sp³-hybridized carbons (Fsp3) is 0.640. The number of carbonyl (C=O) groups excluding carboxylic acids is 2. The number of nitrogens with one attached hydrogen (secondary N) is 2. The van der Waals surface area contributed by atoms with Crippen LogP contribution in [0.15, 0.2) is 18.3 Å². The third kappa shape index (κ3) is 8.19. The van der Waals surface area contributed by atoms with Gasteiger partial charge in [0.1, 0.15) is 17.0 Å². The van der Waals surface area contributed by atoms with Gasteiger partial charge in [-0.25, -0.2) is 14.6 Å². The van der Waals surface area contributed by atoms with Crippen LogP contribution in [-0.2, 0) is 24.5 Å². The number of amides is 2. The van der Waals surface area contributed by atoms with E-state index in [1.54, 1.807) is 18.1 Å². The van der Waals surface area contributed by atoms with Crippen molar-refractivity contribution in [1.29, 1.82) is 0 Å². The molecule has 194 valence electrons. The number of anilines is 1. The van der Waals surface area contributed by atoms with E-state index in [2.05, 4.69) is 15.6 Å². The molecule has 0 saturated carbocycles. The number of nitrogens with zero attached hydrogens (tertiary/aromatic N) is 2. The maximum atomic E-state index is 12.0. The number of hydrogen-bond donors (Lipinski definition) is 2. The number of piperidine rings is 1. The van der Waals surface area contributed by atoms with Crippen molar-refractivity contribution in [3.63, 3.8) is 0 Å². The van der Waals surface area contributed by atoms with Crippen molar-refractivity contribution in [2.45, 2.75) is 51.2 Å². The topological polar surface area (TPSA) is 111 Å². The van der Waals surface area contributed by atoms with Gasteiger partial charge in [-0.2, -0.15) is 0 Å². The van der Waals surface area contributed by atoms with Crippen molar-refractivity contribution in [1.82, 2.24) is 15.2 Å². The molecule has 1 spiro atoms. The average molecular weight is 491 g/mol. The third-order valence-corrected chi connectivity index (χ3v) is 5.70. The molecule has 0 aliphatic carbocycles. The van der Waals surface area contributed by atoms with Crippen LogP contribution in [0.3, 0.4) is 0 Å². The standard InChI is InChI=1S/C25H38N4O6/c1-24(2,3)35-23(31)29(4)12-6-14-33-16-15-32-13-5-7-19-17-20-21(27-18-19)28-22(30)34-25(20)8-10-26-11-9-25/h5,7,17-18,26H,6,8-16H2,1-4H3,(H,27,28,30)/b7-5+. The Labute approximate surface area is 207 Å². The Morgan fingerprint density at radius 3 is 2.71 bits per heavy atom. The van der Waals surface area contributed by atoms with Crippen molar-refractivity contribution in [2.24, 2.45) is 0 Å². The molecule has 3 heterocycles. The molecule has 1 fully saturated rings. The zero-order chi connectivity index (χ0) is 25.3. The van der Waals surface area contributed by atoms with E-state index in [9.17, 15) is 9.59 Å². The third-order valence-electron chi connectivity index (χ3n) is 5.70. The molecule has 10 nitrogen and oxygen atoms in total. The molecule has 1 aromatic rings. The molecule has 10 heteroatoms. The summed E-state index contributed by atoms with van der Waals surface area (Å²) in [6, 6.07) is 2.03. The van der Waals surface area contributed by atoms with Gasteiger partial charge in [-0.15, -0.1) is 0 Å². The van der Waals surface area contributed by atoms with Crippen molar-refractivity contribution in [3.05, 3.63) is 29.5 Å². The monoisotopic (exact) mass is 490 g/mol. The average Bonchev–Trinajstić information content (AvgIpc) is 2.79. The molecule has 0 unspecified atom stereocenters. The van der Waals surface area contributed by atoms with Gasteiger partial charge in [0.15, 0.2) is 0 Å². The van der Waals surface area contributed by atoms with Gasteiger partial charge in [-0.1, -0.05) is 12.2 Å². The second-order valence-electron chi connectivity index (χ2n) is 9.77. The molecule has 2 amide bonds. The fourth-order valence-electron chi connectivity index (χ4n) is 3.97. The summed E-state index contributed by atoms with van der Waals surface area (Å²) in [4.78, 5) is 29.9. The highest BCUT2D eigenvalue weighted by Gasteiger charge is 2.43. The van der Waals surface area contributed by atoms with Gasteiger partial charge < -0.3 is 29.2 Å². The van der Waals surface area contributed by atoms with E-state index < -0.39 is 17.3 Å². The number of aromatic nitrogens is 1. The van der Waals surface area contributed by atoms with E-state index in [0.29, 0.717) is 38.8 Å². The lowest BCUT2D eigenvalue weighted by molar-refractivity contribution is -0.0130. The van der Waals surface area contributed by atoms with Crippen LogP contribution in [0.25, 0.3) is 6.08 Å². The molecular weight excluding hydrogens is 452 g/mol. The molecule has 0 bridgehead atoms. The quantitative estimate of drug-likeness (QED) is 0.479. The van der Waals surface area contributed by atoms with Crippen molar-refractivity contribution in [2.75, 3.05) is 58.4 Å². The summed E-state index contributed by atoms with van der Waals surface area (Å²) in [5, 5.41) is 6.01. The highest BCUT2D eigenvalue weighted by atomic mass is 16.6. The summed E-state index contributed by atoms with van der Waals surface area (Å²) in [7, 11) is 1.72. The smallest absolute Gasteiger partial charge is 0.413 e. The van der Waals surface area contributed by atoms with Gasteiger partial charge in [0, 0.05) is 44.8 Å². The van der Waals surface area contributed by atoms with Crippen molar-refractivity contribution < 1.29 is 28.5 Å². The van der Waals surface area contributed by atoms with Crippen molar-refractivity contribution in [3.8, 4) is 0 Å². The van der Waals surface area contributed by atoms with Crippen LogP contribution < -0.4 is 10.6 Å². The van der Waals surface area contributed by atoms with Gasteiger partial charge in [0.25, 0.3) is 0 Å². The summed E-state index contributed by atoms with van der Waals surface area (Å²) >= 11 is 0. The summed E-state index contributed by atoms with van der Waals surface area (Å²) in [5.74, 6) is 0.575. The first-order valence-corrected chi connectivity index (χ1v) is 12.2. The van der Waals surface area contributed by atoms with Crippen LogP contribution in [0.4, 0.5) is 15.4 Å². The molecule has 1 saturated heterocycles. The summed E-state index contributed by atoms with van der Waals surface area (Å²) in [6.45, 7) is 9.66. The number of ether oxygens (including phenoxy) is 4. The summed E-state index contributed by atoms with van der Waals surface area (Å²) in [5.41, 5.74) is 0.739. The molecular formula is C25H38N4O6. The lowest BCUT2D eigenvalue weighted by Gasteiger charge is -2.40. The van der Waals surface area contributed by atoms with Crippen LogP contribution in [0.1, 0.15) is 51.2 Å². The Hall–Kier alpha value is -2.69. The molecule has 0 radical (unpaired) electrons. The summed E-state index contributed by atoms with van der Waals surface area (Å²) < 4.78 is 22.2. The Bertz CT molecular complexity index is 892. The first-order valence-electron chi connectivity index (χ1n) is 12.2. The summed E-state index contributed by atoms with van der Waals surface area (Å²) in [6.07, 6.45) is 7.01. The minimum absolute atomic E-state index is 0.329. The predicted molar refractivity (Wildman–Crippen MR) is 132 cm³/mol. The van der Waals surface area contributed by atoms with Crippen LogP contribution in [-0.4, -0.2) is 80.8 Å². The van der Waals surface area contributed by atoms with Crippen LogP contribution in [0.2, 0.25) is 0 Å². The van der Waals surface area contributed by atoms with Gasteiger partial charge in [-0.05, 0) is 51.9 Å². The first-order chi connectivity index (χ1) is 16.7. The van der Waals surface area contributed by atoms with Crippen LogP contribution >= 0.6 is 0 Å². The van der Waals surface area contributed by atoms with E-state index in [-0.39, 0.29) is 6.09 Å². The maximum absolute atomic E-state index is 12.0. The SMILES string of the molecule is CN(CCCOCCOC/C=C/c1cnc2c(c1)C1(CCNCC1)OC(=O)N2)C(=O)OC(C)(C)C. The molecule has 1 aromatic heterocycles. The van der Waals surface area contributed by atoms with Gasteiger partial charge in [0.2, 0.25) is 0 Å².